The second kappa shape index (κ2) is 5.48. The van der Waals surface area contributed by atoms with E-state index in [1.54, 1.807) is 0 Å². The molecule has 3 heteroatoms. The van der Waals surface area contributed by atoms with E-state index in [0.29, 0.717) is 0 Å². The minimum Gasteiger partial charge on any atom is -0.459 e. The summed E-state index contributed by atoms with van der Waals surface area (Å²) >= 11 is 2.32. The van der Waals surface area contributed by atoms with Crippen molar-refractivity contribution in [3.63, 3.8) is 0 Å². The van der Waals surface area contributed by atoms with Crippen molar-refractivity contribution < 1.29 is 4.42 Å². The summed E-state index contributed by atoms with van der Waals surface area (Å²) in [5.74, 6) is 1.00. The average molecular weight is 377 g/mol. The first-order valence-electron chi connectivity index (χ1n) is 6.65. The van der Waals surface area contributed by atoms with Crippen LogP contribution in [0.4, 0.5) is 5.69 Å². The summed E-state index contributed by atoms with van der Waals surface area (Å²) in [7, 11) is 0. The quantitative estimate of drug-likeness (QED) is 0.608. The van der Waals surface area contributed by atoms with Crippen LogP contribution in [-0.2, 0) is 0 Å². The standard InChI is InChI=1S/C17H16INO/c1-11-15-8-3-4-9-16(15)20-17(11)12(2)19-14-7-5-6-13(18)10-14/h3-10,12,19H,1-2H3. The molecule has 20 heavy (non-hydrogen) atoms. The zero-order chi connectivity index (χ0) is 14.1. The average Bonchev–Trinajstić information content (AvgIpc) is 2.77. The van der Waals surface area contributed by atoms with Gasteiger partial charge in [-0.05, 0) is 60.7 Å². The van der Waals surface area contributed by atoms with Crippen LogP contribution in [0.25, 0.3) is 11.0 Å². The number of halogens is 1. The summed E-state index contributed by atoms with van der Waals surface area (Å²) in [6, 6.07) is 16.7. The molecule has 0 radical (unpaired) electrons. The van der Waals surface area contributed by atoms with Gasteiger partial charge in [-0.1, -0.05) is 24.3 Å². The number of fused-ring (bicyclic) bond motifs is 1. The highest BCUT2D eigenvalue weighted by Gasteiger charge is 2.16. The van der Waals surface area contributed by atoms with Crippen LogP contribution < -0.4 is 5.32 Å². The number of aryl methyl sites for hydroxylation is 1. The lowest BCUT2D eigenvalue weighted by atomic mass is 10.1. The summed E-state index contributed by atoms with van der Waals surface area (Å²) in [5.41, 5.74) is 3.28. The van der Waals surface area contributed by atoms with Crippen LogP contribution in [-0.4, -0.2) is 0 Å². The minimum absolute atomic E-state index is 0.139. The van der Waals surface area contributed by atoms with Crippen molar-refractivity contribution in [3.05, 3.63) is 63.4 Å². The van der Waals surface area contributed by atoms with Gasteiger partial charge in [-0.3, -0.25) is 0 Å². The summed E-state index contributed by atoms with van der Waals surface area (Å²) in [4.78, 5) is 0. The number of anilines is 1. The van der Waals surface area contributed by atoms with Crippen molar-refractivity contribution in [1.29, 1.82) is 0 Å². The summed E-state index contributed by atoms with van der Waals surface area (Å²) < 4.78 is 7.22. The molecule has 1 N–H and O–H groups in total. The van der Waals surface area contributed by atoms with Gasteiger partial charge in [0.25, 0.3) is 0 Å². The molecule has 0 aliphatic heterocycles. The second-order valence-corrected chi connectivity index (χ2v) is 6.21. The molecule has 0 bridgehead atoms. The van der Waals surface area contributed by atoms with Crippen molar-refractivity contribution in [2.75, 3.05) is 5.32 Å². The van der Waals surface area contributed by atoms with Crippen molar-refractivity contribution in [2.24, 2.45) is 0 Å². The van der Waals surface area contributed by atoms with Crippen LogP contribution in [0.2, 0.25) is 0 Å². The fraction of sp³-hybridized carbons (Fsp3) is 0.176. The van der Waals surface area contributed by atoms with Gasteiger partial charge in [0, 0.05) is 20.2 Å². The molecule has 0 saturated carbocycles. The Kier molecular flexibility index (Phi) is 3.70. The highest BCUT2D eigenvalue weighted by atomic mass is 127. The first-order valence-corrected chi connectivity index (χ1v) is 7.73. The molecular weight excluding hydrogens is 361 g/mol. The molecule has 0 fully saturated rings. The Morgan fingerprint density at radius 3 is 2.65 bits per heavy atom. The predicted molar refractivity (Wildman–Crippen MR) is 92.1 cm³/mol. The van der Waals surface area contributed by atoms with Gasteiger partial charge in [0.2, 0.25) is 0 Å². The Morgan fingerprint density at radius 2 is 1.90 bits per heavy atom. The molecule has 1 atom stereocenters. The SMILES string of the molecule is Cc1c(C(C)Nc2cccc(I)c2)oc2ccccc12. The van der Waals surface area contributed by atoms with Gasteiger partial charge in [-0.25, -0.2) is 0 Å². The van der Waals surface area contributed by atoms with E-state index >= 15 is 0 Å². The van der Waals surface area contributed by atoms with Gasteiger partial charge in [0.05, 0.1) is 6.04 Å². The van der Waals surface area contributed by atoms with Crippen LogP contribution in [0.15, 0.2) is 52.9 Å². The van der Waals surface area contributed by atoms with Crippen LogP contribution in [0.1, 0.15) is 24.3 Å². The Hall–Kier alpha value is -1.49. The van der Waals surface area contributed by atoms with Gasteiger partial charge in [-0.15, -0.1) is 0 Å². The lowest BCUT2D eigenvalue weighted by molar-refractivity contribution is 0.522. The molecule has 2 nitrogen and oxygen atoms in total. The van der Waals surface area contributed by atoms with E-state index < -0.39 is 0 Å². The lowest BCUT2D eigenvalue weighted by Gasteiger charge is -2.14. The number of benzene rings is 2. The van der Waals surface area contributed by atoms with Gasteiger partial charge < -0.3 is 9.73 Å². The first kappa shape index (κ1) is 13.5. The Morgan fingerprint density at radius 1 is 1.10 bits per heavy atom. The highest BCUT2D eigenvalue weighted by molar-refractivity contribution is 14.1. The number of para-hydroxylation sites is 1. The Labute approximate surface area is 132 Å². The van der Waals surface area contributed by atoms with E-state index in [9.17, 15) is 0 Å². The van der Waals surface area contributed by atoms with Crippen LogP contribution in [0.5, 0.6) is 0 Å². The number of rotatable bonds is 3. The third kappa shape index (κ3) is 2.54. The molecule has 0 amide bonds. The van der Waals surface area contributed by atoms with E-state index in [2.05, 4.69) is 72.1 Å². The van der Waals surface area contributed by atoms with Gasteiger partial charge in [0.1, 0.15) is 11.3 Å². The number of hydrogen-bond donors (Lipinski definition) is 1. The normalized spacial score (nSPS) is 12.6. The maximum Gasteiger partial charge on any atom is 0.134 e. The third-order valence-electron chi connectivity index (χ3n) is 3.48. The highest BCUT2D eigenvalue weighted by Crippen LogP contribution is 2.31. The van der Waals surface area contributed by atoms with Crippen molar-refractivity contribution in [2.45, 2.75) is 19.9 Å². The Bertz CT molecular complexity index is 748. The summed E-state index contributed by atoms with van der Waals surface area (Å²) in [5, 5.41) is 4.70. The third-order valence-corrected chi connectivity index (χ3v) is 4.15. The number of furan rings is 1. The molecule has 2 aromatic carbocycles. The molecule has 1 aromatic heterocycles. The van der Waals surface area contributed by atoms with Gasteiger partial charge in [-0.2, -0.15) is 0 Å². The predicted octanol–water partition coefficient (Wildman–Crippen LogP) is 5.52. The molecule has 3 aromatic rings. The second-order valence-electron chi connectivity index (χ2n) is 4.96. The molecule has 0 saturated heterocycles. The van der Waals surface area contributed by atoms with Gasteiger partial charge in [0.15, 0.2) is 0 Å². The molecule has 0 aliphatic carbocycles. The van der Waals surface area contributed by atoms with E-state index in [4.69, 9.17) is 4.42 Å². The Balaban J connectivity index is 1.92. The maximum absolute atomic E-state index is 6.00. The largest absolute Gasteiger partial charge is 0.459 e. The molecule has 3 rings (SSSR count). The minimum atomic E-state index is 0.139. The molecule has 1 unspecified atom stereocenters. The topological polar surface area (TPSA) is 25.2 Å². The molecule has 0 spiro atoms. The molecular formula is C17H16INO. The van der Waals surface area contributed by atoms with Crippen LogP contribution in [0.3, 0.4) is 0 Å². The zero-order valence-corrected chi connectivity index (χ0v) is 13.6. The summed E-state index contributed by atoms with van der Waals surface area (Å²) in [6.45, 7) is 4.25. The molecule has 0 aliphatic rings. The first-order chi connectivity index (χ1) is 9.65. The van der Waals surface area contributed by atoms with Crippen molar-refractivity contribution in [1.82, 2.24) is 0 Å². The molecule has 1 heterocycles. The van der Waals surface area contributed by atoms with E-state index in [1.165, 1.54) is 14.5 Å². The van der Waals surface area contributed by atoms with Crippen LogP contribution in [0, 0.1) is 10.5 Å². The smallest absolute Gasteiger partial charge is 0.134 e. The van der Waals surface area contributed by atoms with E-state index in [1.807, 2.05) is 18.2 Å². The molecule has 102 valence electrons. The zero-order valence-electron chi connectivity index (χ0n) is 11.5. The number of nitrogens with one attached hydrogen (secondary N) is 1. The van der Waals surface area contributed by atoms with Crippen LogP contribution >= 0.6 is 22.6 Å². The van der Waals surface area contributed by atoms with Gasteiger partial charge >= 0.3 is 0 Å². The van der Waals surface area contributed by atoms with E-state index in [-0.39, 0.29) is 6.04 Å². The van der Waals surface area contributed by atoms with E-state index in [0.717, 1.165) is 17.0 Å². The maximum atomic E-state index is 6.00. The number of hydrogen-bond acceptors (Lipinski definition) is 2. The van der Waals surface area contributed by atoms with Crippen molar-refractivity contribution in [3.8, 4) is 0 Å². The summed E-state index contributed by atoms with van der Waals surface area (Å²) in [6.07, 6.45) is 0. The monoisotopic (exact) mass is 377 g/mol. The van der Waals surface area contributed by atoms with Crippen molar-refractivity contribution >= 4 is 39.2 Å². The fourth-order valence-electron chi connectivity index (χ4n) is 2.50. The lowest BCUT2D eigenvalue weighted by Crippen LogP contribution is -2.06. The fourth-order valence-corrected chi connectivity index (χ4v) is 3.04.